The van der Waals surface area contributed by atoms with E-state index in [0.29, 0.717) is 0 Å². The van der Waals surface area contributed by atoms with Gasteiger partial charge in [0, 0.05) is 31.3 Å². The number of benzene rings is 2. The minimum absolute atomic E-state index is 0.0686. The van der Waals surface area contributed by atoms with E-state index in [-0.39, 0.29) is 44.3 Å². The van der Waals surface area contributed by atoms with E-state index in [1.54, 1.807) is 0 Å². The van der Waals surface area contributed by atoms with Crippen molar-refractivity contribution < 1.29 is 38.5 Å². The van der Waals surface area contributed by atoms with Crippen molar-refractivity contribution in [1.29, 1.82) is 0 Å². The molecule has 0 aliphatic rings. The zero-order valence-electron chi connectivity index (χ0n) is 33.3. The van der Waals surface area contributed by atoms with Gasteiger partial charge in [-0.05, 0) is 63.1 Å². The Bertz CT molecular complexity index is 1410. The van der Waals surface area contributed by atoms with Crippen LogP contribution in [-0.4, -0.2) is 66.8 Å². The van der Waals surface area contributed by atoms with Crippen LogP contribution in [0.15, 0.2) is 54.6 Å². The average Bonchev–Trinajstić information content (AvgIpc) is 3.11. The fourth-order valence-corrected chi connectivity index (χ4v) is 5.17. The van der Waals surface area contributed by atoms with Crippen LogP contribution in [0.4, 0.5) is 0 Å². The second-order valence-corrected chi connectivity index (χ2v) is 14.5. The standard InChI is InChI=1S/C23H40O8.C21H25N/c1-3-5-7-9-11-13-21(26)29-17-19(31-23(28)16-15-20(24)25)18-30-22(27)14-12-10-8-6-4-2;1-21(2,3)15-8-5-9-16-22(4)17-19-13-10-12-18-11-6-7-14-20(18)19/h19H,3-18H2,1-2H3,(H,24,25);5-7,9-14H,16-17H2,1-4H3/b;9-5+. The molecule has 0 radical (unpaired) electrons. The topological polar surface area (TPSA) is 119 Å². The molecule has 2 aromatic carbocycles. The minimum Gasteiger partial charge on any atom is -0.481 e. The highest BCUT2D eigenvalue weighted by Crippen LogP contribution is 2.19. The number of fused-ring (bicyclic) bond motifs is 1. The zero-order valence-corrected chi connectivity index (χ0v) is 33.3. The van der Waals surface area contributed by atoms with Crippen LogP contribution in [0, 0.1) is 17.3 Å². The van der Waals surface area contributed by atoms with E-state index in [0.717, 1.165) is 77.3 Å². The Balaban J connectivity index is 0.000000558. The SMILES string of the molecule is CCCCCCCC(=O)OCC(COC(=O)CCCCCCC)OC(=O)CCC(=O)O.CN(C/C=C/C#CC(C)(C)C)Cc1cccc2ccccc12. The van der Waals surface area contributed by atoms with Gasteiger partial charge in [-0.2, -0.15) is 0 Å². The van der Waals surface area contributed by atoms with Crippen LogP contribution in [0.3, 0.4) is 0 Å². The third-order valence-electron chi connectivity index (χ3n) is 8.06. The molecule has 0 heterocycles. The van der Waals surface area contributed by atoms with Crippen molar-refractivity contribution in [2.75, 3.05) is 26.8 Å². The van der Waals surface area contributed by atoms with Crippen LogP contribution in [0.1, 0.15) is 130 Å². The summed E-state index contributed by atoms with van der Waals surface area (Å²) in [7, 11) is 2.14. The second-order valence-electron chi connectivity index (χ2n) is 14.5. The van der Waals surface area contributed by atoms with Gasteiger partial charge in [-0.15, -0.1) is 0 Å². The third-order valence-corrected chi connectivity index (χ3v) is 8.06. The first kappa shape index (κ1) is 46.9. The largest absolute Gasteiger partial charge is 0.481 e. The Morgan fingerprint density at radius 2 is 1.32 bits per heavy atom. The highest BCUT2D eigenvalue weighted by atomic mass is 16.6. The van der Waals surface area contributed by atoms with Crippen molar-refractivity contribution in [3.63, 3.8) is 0 Å². The number of likely N-dealkylation sites (N-methyl/N-ethyl adjacent to an activating group) is 1. The Labute approximate surface area is 318 Å². The molecule has 0 aromatic heterocycles. The highest BCUT2D eigenvalue weighted by molar-refractivity contribution is 5.85. The molecule has 0 aliphatic heterocycles. The maximum absolute atomic E-state index is 11.9. The molecule has 1 N–H and O–H groups in total. The van der Waals surface area contributed by atoms with Crippen LogP contribution >= 0.6 is 0 Å². The maximum atomic E-state index is 11.9. The van der Waals surface area contributed by atoms with E-state index < -0.39 is 30.0 Å². The van der Waals surface area contributed by atoms with Gasteiger partial charge in [-0.25, -0.2) is 0 Å². The predicted molar refractivity (Wildman–Crippen MR) is 212 cm³/mol. The molecule has 0 unspecified atom stereocenters. The van der Waals surface area contributed by atoms with Crippen molar-refractivity contribution in [2.24, 2.45) is 5.41 Å². The molecule has 9 nitrogen and oxygen atoms in total. The highest BCUT2D eigenvalue weighted by Gasteiger charge is 2.20. The van der Waals surface area contributed by atoms with Gasteiger partial charge < -0.3 is 19.3 Å². The monoisotopic (exact) mass is 735 g/mol. The Morgan fingerprint density at radius 3 is 1.89 bits per heavy atom. The van der Waals surface area contributed by atoms with E-state index in [9.17, 15) is 19.2 Å². The number of nitrogens with zero attached hydrogens (tertiary/aromatic N) is 1. The number of carboxylic acids is 1. The van der Waals surface area contributed by atoms with Crippen molar-refractivity contribution in [3.05, 3.63) is 60.2 Å². The van der Waals surface area contributed by atoms with E-state index in [4.69, 9.17) is 19.3 Å². The number of carbonyl (C=O) groups is 4. The zero-order chi connectivity index (χ0) is 39.3. The molecule has 294 valence electrons. The van der Waals surface area contributed by atoms with E-state index in [2.05, 4.69) is 107 Å². The van der Waals surface area contributed by atoms with Gasteiger partial charge in [0.2, 0.25) is 0 Å². The lowest BCUT2D eigenvalue weighted by molar-refractivity contribution is -0.167. The molecule has 53 heavy (non-hydrogen) atoms. The molecule has 2 rings (SSSR count). The van der Waals surface area contributed by atoms with Gasteiger partial charge >= 0.3 is 23.9 Å². The fraction of sp³-hybridized carbons (Fsp3) is 0.591. The lowest BCUT2D eigenvalue weighted by Crippen LogP contribution is -2.31. The van der Waals surface area contributed by atoms with Crippen LogP contribution in [0.5, 0.6) is 0 Å². The first-order valence-corrected chi connectivity index (χ1v) is 19.4. The van der Waals surface area contributed by atoms with Gasteiger partial charge in [0.05, 0.1) is 12.8 Å². The van der Waals surface area contributed by atoms with Crippen LogP contribution < -0.4 is 0 Å². The third kappa shape index (κ3) is 25.5. The van der Waals surface area contributed by atoms with Crippen molar-refractivity contribution in [1.82, 2.24) is 4.90 Å². The van der Waals surface area contributed by atoms with Crippen molar-refractivity contribution >= 4 is 34.6 Å². The lowest BCUT2D eigenvalue weighted by Gasteiger charge is -2.18. The van der Waals surface area contributed by atoms with Crippen LogP contribution in [0.2, 0.25) is 0 Å². The average molecular weight is 736 g/mol. The van der Waals surface area contributed by atoms with Gasteiger partial charge in [-0.1, -0.05) is 126 Å². The van der Waals surface area contributed by atoms with Gasteiger partial charge in [0.15, 0.2) is 6.10 Å². The summed E-state index contributed by atoms with van der Waals surface area (Å²) in [6.07, 6.45) is 13.1. The lowest BCUT2D eigenvalue weighted by atomic mass is 9.98. The summed E-state index contributed by atoms with van der Waals surface area (Å²) in [6.45, 7) is 12.0. The van der Waals surface area contributed by atoms with Crippen molar-refractivity contribution in [3.8, 4) is 11.8 Å². The number of carbonyl (C=O) groups excluding carboxylic acids is 3. The minimum atomic E-state index is -1.11. The molecule has 0 amide bonds. The Hall–Kier alpha value is -4.16. The molecule has 0 bridgehead atoms. The van der Waals surface area contributed by atoms with Crippen LogP contribution in [0.25, 0.3) is 10.8 Å². The second kappa shape index (κ2) is 28.4. The normalized spacial score (nSPS) is 11.2. The number of rotatable bonds is 24. The molecule has 0 saturated carbocycles. The summed E-state index contributed by atoms with van der Waals surface area (Å²) < 4.78 is 15.5. The number of hydrogen-bond acceptors (Lipinski definition) is 8. The number of hydrogen-bond donors (Lipinski definition) is 1. The number of carboxylic acid groups (broad SMARTS) is 1. The quantitative estimate of drug-likeness (QED) is 0.0487. The Kier molecular flexibility index (Phi) is 25.1. The van der Waals surface area contributed by atoms with Gasteiger partial charge in [0.25, 0.3) is 0 Å². The molecule has 0 fully saturated rings. The summed E-state index contributed by atoms with van der Waals surface area (Å²) in [5.41, 5.74) is 1.44. The summed E-state index contributed by atoms with van der Waals surface area (Å²) in [5, 5.41) is 11.3. The molecule has 9 heteroatoms. The van der Waals surface area contributed by atoms with Crippen molar-refractivity contribution in [2.45, 2.75) is 137 Å². The first-order chi connectivity index (χ1) is 25.3. The predicted octanol–water partition coefficient (Wildman–Crippen LogP) is 9.45. The molecule has 0 spiro atoms. The van der Waals surface area contributed by atoms with E-state index in [1.807, 2.05) is 6.08 Å². The molecular weight excluding hydrogens is 670 g/mol. The number of ether oxygens (including phenoxy) is 3. The Morgan fingerprint density at radius 1 is 0.755 bits per heavy atom. The molecule has 0 aliphatic carbocycles. The summed E-state index contributed by atoms with van der Waals surface area (Å²) in [6, 6.07) is 15.1. The van der Waals surface area contributed by atoms with Gasteiger partial charge in [0.1, 0.15) is 13.2 Å². The molecule has 2 aromatic rings. The number of unbranched alkanes of at least 4 members (excludes halogenated alkanes) is 8. The molecule has 0 atom stereocenters. The molecular formula is C44H65NO8. The smallest absolute Gasteiger partial charge is 0.306 e. The number of esters is 3. The first-order valence-electron chi connectivity index (χ1n) is 19.4. The summed E-state index contributed by atoms with van der Waals surface area (Å²) in [5.74, 6) is 3.68. The fourth-order valence-electron chi connectivity index (χ4n) is 5.17. The van der Waals surface area contributed by atoms with Crippen LogP contribution in [-0.2, 0) is 39.9 Å². The van der Waals surface area contributed by atoms with E-state index >= 15 is 0 Å². The van der Waals surface area contributed by atoms with Gasteiger partial charge in [-0.3, -0.25) is 24.1 Å². The number of aliphatic carboxylic acids is 1. The maximum Gasteiger partial charge on any atom is 0.306 e. The molecule has 0 saturated heterocycles. The summed E-state index contributed by atoms with van der Waals surface area (Å²) in [4.78, 5) is 48.5. The van der Waals surface area contributed by atoms with E-state index in [1.165, 1.54) is 16.3 Å². The number of allylic oxidation sites excluding steroid dienone is 1. The summed E-state index contributed by atoms with van der Waals surface area (Å²) >= 11 is 0.